The molecule has 0 heterocycles. The van der Waals surface area contributed by atoms with Crippen LogP contribution in [-0.4, -0.2) is 31.8 Å². The van der Waals surface area contributed by atoms with Gasteiger partial charge in [-0.15, -0.1) is 0 Å². The molecule has 0 aliphatic rings. The molecule has 0 atom stereocenters. The van der Waals surface area contributed by atoms with Crippen LogP contribution in [0.1, 0.15) is 27.6 Å². The minimum Gasteiger partial charge on any atom is -0.460 e. The van der Waals surface area contributed by atoms with Crippen molar-refractivity contribution in [1.29, 1.82) is 0 Å². The Bertz CT molecular complexity index is 697. The van der Waals surface area contributed by atoms with Gasteiger partial charge in [-0.2, -0.15) is 0 Å². The van der Waals surface area contributed by atoms with Crippen molar-refractivity contribution in [3.8, 4) is 5.75 Å². The normalized spacial score (nSPS) is 10.2. The zero-order valence-corrected chi connectivity index (χ0v) is 13.2. The summed E-state index contributed by atoms with van der Waals surface area (Å²) in [6, 6.07) is 11.4. The van der Waals surface area contributed by atoms with Crippen LogP contribution in [0.4, 0.5) is 4.39 Å². The van der Waals surface area contributed by atoms with E-state index in [1.54, 1.807) is 6.07 Å². The fourth-order valence-electron chi connectivity index (χ4n) is 1.87. The lowest BCUT2D eigenvalue weighted by atomic mass is 10.2. The number of ether oxygens (including phenoxy) is 3. The summed E-state index contributed by atoms with van der Waals surface area (Å²) in [6.07, 6.45) is 0. The number of carbonyl (C=O) groups excluding carboxylic acids is 2. The van der Waals surface area contributed by atoms with E-state index in [4.69, 9.17) is 14.2 Å². The zero-order valence-electron chi connectivity index (χ0n) is 13.2. The molecule has 0 N–H and O–H groups in total. The summed E-state index contributed by atoms with van der Waals surface area (Å²) in [5, 5.41) is 0. The number of carbonyl (C=O) groups is 2. The molecule has 0 saturated heterocycles. The molecule has 0 unspecified atom stereocenters. The quantitative estimate of drug-likeness (QED) is 0.442. The molecule has 2 aromatic rings. The van der Waals surface area contributed by atoms with Crippen molar-refractivity contribution >= 4 is 11.9 Å². The van der Waals surface area contributed by atoms with Gasteiger partial charge in [0, 0.05) is 6.61 Å². The number of hydrogen-bond donors (Lipinski definition) is 0. The van der Waals surface area contributed by atoms with E-state index in [1.807, 2.05) is 6.92 Å². The summed E-state index contributed by atoms with van der Waals surface area (Å²) in [5.74, 6) is -1.76. The van der Waals surface area contributed by atoms with Gasteiger partial charge in [0.15, 0.2) is 0 Å². The molecule has 126 valence electrons. The van der Waals surface area contributed by atoms with E-state index >= 15 is 0 Å². The van der Waals surface area contributed by atoms with Gasteiger partial charge in [0.2, 0.25) is 0 Å². The zero-order chi connectivity index (χ0) is 17.4. The number of benzene rings is 2. The molecule has 0 aliphatic heterocycles. The van der Waals surface area contributed by atoms with E-state index in [9.17, 15) is 14.0 Å². The summed E-state index contributed by atoms with van der Waals surface area (Å²) in [6.45, 7) is 2.90. The number of esters is 2. The fraction of sp³-hybridized carbons (Fsp3) is 0.222. The molecule has 0 saturated carbocycles. The Kier molecular flexibility index (Phi) is 6.45. The first-order chi connectivity index (χ1) is 11.6. The lowest BCUT2D eigenvalue weighted by Gasteiger charge is -2.07. The van der Waals surface area contributed by atoms with E-state index in [2.05, 4.69) is 0 Å². The number of hydrogen-bond acceptors (Lipinski definition) is 5. The highest BCUT2D eigenvalue weighted by atomic mass is 19.1. The lowest BCUT2D eigenvalue weighted by molar-refractivity contribution is 0.0335. The van der Waals surface area contributed by atoms with E-state index in [0.29, 0.717) is 18.8 Å². The number of rotatable bonds is 7. The monoisotopic (exact) mass is 332 g/mol. The van der Waals surface area contributed by atoms with Crippen molar-refractivity contribution in [2.75, 3.05) is 19.8 Å². The Hall–Kier alpha value is -2.73. The van der Waals surface area contributed by atoms with E-state index < -0.39 is 17.8 Å². The molecule has 0 bridgehead atoms. The average molecular weight is 332 g/mol. The Morgan fingerprint density at radius 3 is 2.33 bits per heavy atom. The molecular formula is C18H17FO5. The van der Waals surface area contributed by atoms with Crippen LogP contribution < -0.4 is 4.74 Å². The maximum absolute atomic E-state index is 13.5. The van der Waals surface area contributed by atoms with Crippen molar-refractivity contribution in [3.63, 3.8) is 0 Å². The second kappa shape index (κ2) is 8.79. The molecule has 0 aliphatic carbocycles. The Morgan fingerprint density at radius 1 is 0.958 bits per heavy atom. The molecule has 0 aromatic heterocycles. The molecule has 0 amide bonds. The molecule has 6 heteroatoms. The van der Waals surface area contributed by atoms with E-state index in [1.165, 1.54) is 42.5 Å². The first-order valence-corrected chi connectivity index (χ1v) is 7.43. The van der Waals surface area contributed by atoms with Crippen LogP contribution >= 0.6 is 0 Å². The van der Waals surface area contributed by atoms with Crippen molar-refractivity contribution in [2.24, 2.45) is 0 Å². The van der Waals surface area contributed by atoms with Crippen molar-refractivity contribution < 1.29 is 28.2 Å². The van der Waals surface area contributed by atoms with Crippen LogP contribution in [0.2, 0.25) is 0 Å². The molecule has 0 fully saturated rings. The van der Waals surface area contributed by atoms with Gasteiger partial charge in [0.25, 0.3) is 0 Å². The largest absolute Gasteiger partial charge is 0.460 e. The molecule has 2 rings (SSSR count). The maximum atomic E-state index is 13.5. The van der Waals surface area contributed by atoms with E-state index in [0.717, 1.165) is 0 Å². The van der Waals surface area contributed by atoms with E-state index in [-0.39, 0.29) is 17.9 Å². The third-order valence-corrected chi connectivity index (χ3v) is 3.06. The lowest BCUT2D eigenvalue weighted by Crippen LogP contribution is -2.12. The Morgan fingerprint density at radius 2 is 1.67 bits per heavy atom. The molecule has 2 aromatic carbocycles. The van der Waals surface area contributed by atoms with Crippen LogP contribution in [0.25, 0.3) is 0 Å². The second-order valence-electron chi connectivity index (χ2n) is 4.73. The minimum atomic E-state index is -0.805. The summed E-state index contributed by atoms with van der Waals surface area (Å²) < 4.78 is 28.7. The summed E-state index contributed by atoms with van der Waals surface area (Å²) in [7, 11) is 0. The minimum absolute atomic E-state index is 0.156. The second-order valence-corrected chi connectivity index (χ2v) is 4.73. The third-order valence-electron chi connectivity index (χ3n) is 3.06. The SMILES string of the molecule is CCOCCOC(=O)c1ccc(OC(=O)c2ccccc2F)cc1. The summed E-state index contributed by atoms with van der Waals surface area (Å²) >= 11 is 0. The van der Waals surface area contributed by atoms with Crippen molar-refractivity contribution in [3.05, 3.63) is 65.5 Å². The highest BCUT2D eigenvalue weighted by Gasteiger charge is 2.14. The van der Waals surface area contributed by atoms with Gasteiger partial charge >= 0.3 is 11.9 Å². The van der Waals surface area contributed by atoms with Crippen molar-refractivity contribution in [2.45, 2.75) is 6.92 Å². The smallest absolute Gasteiger partial charge is 0.346 e. The molecule has 0 spiro atoms. The molecule has 24 heavy (non-hydrogen) atoms. The molecule has 0 radical (unpaired) electrons. The third kappa shape index (κ3) is 4.89. The summed E-state index contributed by atoms with van der Waals surface area (Å²) in [5.41, 5.74) is 0.161. The Labute approximate surface area is 139 Å². The van der Waals surface area contributed by atoms with Gasteiger partial charge < -0.3 is 14.2 Å². The average Bonchev–Trinajstić information content (AvgIpc) is 2.59. The summed E-state index contributed by atoms with van der Waals surface area (Å²) in [4.78, 5) is 23.7. The number of halogens is 1. The fourth-order valence-corrected chi connectivity index (χ4v) is 1.87. The first-order valence-electron chi connectivity index (χ1n) is 7.43. The van der Waals surface area contributed by atoms with Crippen LogP contribution in [0.15, 0.2) is 48.5 Å². The maximum Gasteiger partial charge on any atom is 0.346 e. The van der Waals surface area contributed by atoms with Crippen LogP contribution in [0.5, 0.6) is 5.75 Å². The highest BCUT2D eigenvalue weighted by Crippen LogP contribution is 2.16. The predicted octanol–water partition coefficient (Wildman–Crippen LogP) is 3.24. The molecule has 5 nitrogen and oxygen atoms in total. The van der Waals surface area contributed by atoms with Gasteiger partial charge in [-0.05, 0) is 43.3 Å². The highest BCUT2D eigenvalue weighted by molar-refractivity contribution is 5.92. The topological polar surface area (TPSA) is 61.8 Å². The van der Waals surface area contributed by atoms with Crippen LogP contribution in [0, 0.1) is 5.82 Å². The first kappa shape index (κ1) is 17.6. The van der Waals surface area contributed by atoms with Gasteiger partial charge in [-0.1, -0.05) is 12.1 Å². The Balaban J connectivity index is 1.93. The van der Waals surface area contributed by atoms with Gasteiger partial charge in [-0.25, -0.2) is 14.0 Å². The standard InChI is InChI=1S/C18H17FO5/c1-2-22-11-12-23-17(20)13-7-9-14(10-8-13)24-18(21)15-5-3-4-6-16(15)19/h3-10H,2,11-12H2,1H3. The van der Waals surface area contributed by atoms with Crippen LogP contribution in [0.3, 0.4) is 0 Å². The van der Waals surface area contributed by atoms with Crippen molar-refractivity contribution in [1.82, 2.24) is 0 Å². The van der Waals surface area contributed by atoms with Crippen LogP contribution in [-0.2, 0) is 9.47 Å². The predicted molar refractivity (Wildman–Crippen MR) is 84.6 cm³/mol. The molecular weight excluding hydrogens is 315 g/mol. The van der Waals surface area contributed by atoms with Gasteiger partial charge in [0.1, 0.15) is 18.2 Å². The van der Waals surface area contributed by atoms with Gasteiger partial charge in [-0.3, -0.25) is 0 Å². The van der Waals surface area contributed by atoms with Gasteiger partial charge in [0.05, 0.1) is 17.7 Å².